The third kappa shape index (κ3) is 21.8. The second kappa shape index (κ2) is 32.9. The van der Waals surface area contributed by atoms with E-state index < -0.39 is 99.3 Å². The Kier molecular flexibility index (Phi) is 29.2. The highest BCUT2D eigenvalue weighted by atomic mass is 16.7. The van der Waals surface area contributed by atoms with Gasteiger partial charge in [-0.2, -0.15) is 0 Å². The van der Waals surface area contributed by atoms with Crippen molar-refractivity contribution in [2.45, 2.75) is 184 Å². The Labute approximate surface area is 356 Å². The highest BCUT2D eigenvalue weighted by Gasteiger charge is 2.47. The molecule has 0 radical (unpaired) electrons. The molecule has 0 aromatic carbocycles. The van der Waals surface area contributed by atoms with Gasteiger partial charge in [-0.25, -0.2) is 0 Å². The lowest BCUT2D eigenvalue weighted by molar-refractivity contribution is -0.332. The molecular weight excluding hydrogens is 780 g/mol. The first-order valence-corrected chi connectivity index (χ1v) is 21.9. The van der Waals surface area contributed by atoms with Gasteiger partial charge < -0.3 is 64.2 Å². The smallest absolute Gasteiger partial charge is 0.306 e. The van der Waals surface area contributed by atoms with E-state index in [1.807, 2.05) is 54.7 Å². The fourth-order valence-electron chi connectivity index (χ4n) is 6.48. The molecule has 2 saturated heterocycles. The van der Waals surface area contributed by atoms with E-state index in [0.29, 0.717) is 19.3 Å². The van der Waals surface area contributed by atoms with Crippen LogP contribution in [0.15, 0.2) is 60.8 Å². The van der Waals surface area contributed by atoms with E-state index in [1.165, 1.54) is 44.9 Å². The summed E-state index contributed by atoms with van der Waals surface area (Å²) < 4.78 is 33.3. The van der Waals surface area contributed by atoms with Crippen molar-refractivity contribution in [3.05, 3.63) is 60.8 Å². The van der Waals surface area contributed by atoms with Gasteiger partial charge in [-0.3, -0.25) is 9.59 Å². The highest BCUT2D eigenvalue weighted by Crippen LogP contribution is 2.26. The standard InChI is InChI=1S/C45H74O15/c1-3-5-7-9-11-13-15-16-18-20-22-24-26-28-37(48)58-33(30-55-36(47)27-25-23-21-19-17-14-12-10-8-6-4-2)31-56-44-43(54)41(52)39(50)35(60-44)32-57-45-42(53)40(51)38(49)34(29-46)59-45/h5,7,9,11,13,15-16,18,20,22,33-35,38-46,49-54H,3-4,6,8,10,12,14,17,19,21,23-32H2,1-2H3/b7-5+,11-9+,15-13+,18-16+,22-20+/t33?,34-,35-,38+,39+,40?,41?,42?,43?,44-,45-/m1/s1. The van der Waals surface area contributed by atoms with Crippen LogP contribution in [0, 0.1) is 0 Å². The lowest BCUT2D eigenvalue weighted by atomic mass is 9.98. The first kappa shape index (κ1) is 53.3. The topological polar surface area (TPSA) is 231 Å². The van der Waals surface area contributed by atoms with Gasteiger partial charge in [0.25, 0.3) is 0 Å². The van der Waals surface area contributed by atoms with Crippen LogP contribution in [0.2, 0.25) is 0 Å². The van der Waals surface area contributed by atoms with Gasteiger partial charge in [-0.1, -0.05) is 139 Å². The summed E-state index contributed by atoms with van der Waals surface area (Å²) in [4.78, 5) is 25.5. The van der Waals surface area contributed by atoms with Crippen molar-refractivity contribution < 1.29 is 73.8 Å². The number of hydrogen-bond donors (Lipinski definition) is 7. The fourth-order valence-corrected chi connectivity index (χ4v) is 6.48. The van der Waals surface area contributed by atoms with Crippen LogP contribution in [0.5, 0.6) is 0 Å². The van der Waals surface area contributed by atoms with Gasteiger partial charge in [0.2, 0.25) is 0 Å². The molecule has 2 fully saturated rings. The molecule has 2 heterocycles. The van der Waals surface area contributed by atoms with Crippen molar-refractivity contribution in [3.8, 4) is 0 Å². The molecule has 0 aromatic rings. The zero-order valence-electron chi connectivity index (χ0n) is 35.7. The van der Waals surface area contributed by atoms with Gasteiger partial charge in [0.1, 0.15) is 55.4 Å². The maximum absolute atomic E-state index is 12.9. The van der Waals surface area contributed by atoms with Gasteiger partial charge in [0.05, 0.1) is 19.8 Å². The third-order valence-corrected chi connectivity index (χ3v) is 10.1. The number of aliphatic hydroxyl groups excluding tert-OH is 7. The first-order valence-electron chi connectivity index (χ1n) is 21.9. The molecule has 2 aliphatic heterocycles. The minimum absolute atomic E-state index is 0.0675. The van der Waals surface area contributed by atoms with Crippen LogP contribution in [-0.4, -0.2) is 142 Å². The van der Waals surface area contributed by atoms with E-state index in [4.69, 9.17) is 28.4 Å². The van der Waals surface area contributed by atoms with Crippen LogP contribution in [0.4, 0.5) is 0 Å². The van der Waals surface area contributed by atoms with Crippen molar-refractivity contribution in [1.82, 2.24) is 0 Å². The van der Waals surface area contributed by atoms with Crippen molar-refractivity contribution in [2.24, 2.45) is 0 Å². The molecule has 15 heteroatoms. The predicted octanol–water partition coefficient (Wildman–Crippen LogP) is 4.14. The predicted molar refractivity (Wildman–Crippen MR) is 224 cm³/mol. The summed E-state index contributed by atoms with van der Waals surface area (Å²) in [6, 6.07) is 0. The summed E-state index contributed by atoms with van der Waals surface area (Å²) in [7, 11) is 0. The van der Waals surface area contributed by atoms with Gasteiger partial charge in [0.15, 0.2) is 18.7 Å². The van der Waals surface area contributed by atoms with Gasteiger partial charge in [0, 0.05) is 12.8 Å². The zero-order valence-corrected chi connectivity index (χ0v) is 35.7. The Balaban J connectivity index is 1.91. The molecule has 5 unspecified atom stereocenters. The van der Waals surface area contributed by atoms with Crippen molar-refractivity contribution in [2.75, 3.05) is 26.4 Å². The normalized spacial score (nSPS) is 28.1. The molecule has 2 aliphatic rings. The Morgan fingerprint density at radius 2 is 1.05 bits per heavy atom. The van der Waals surface area contributed by atoms with Crippen molar-refractivity contribution in [1.29, 1.82) is 0 Å². The maximum Gasteiger partial charge on any atom is 0.306 e. The molecular formula is C45H74O15. The molecule has 0 aliphatic carbocycles. The minimum Gasteiger partial charge on any atom is -0.462 e. The average molecular weight is 855 g/mol. The van der Waals surface area contributed by atoms with E-state index in [0.717, 1.165) is 25.7 Å². The summed E-state index contributed by atoms with van der Waals surface area (Å²) >= 11 is 0. The summed E-state index contributed by atoms with van der Waals surface area (Å²) in [6.45, 7) is 2.31. The maximum atomic E-state index is 12.9. The highest BCUT2D eigenvalue weighted by molar-refractivity contribution is 5.70. The number of ether oxygens (including phenoxy) is 6. The van der Waals surface area contributed by atoms with Gasteiger partial charge in [-0.05, 0) is 25.7 Å². The number of allylic oxidation sites excluding steroid dienone is 10. The van der Waals surface area contributed by atoms with Crippen LogP contribution in [-0.2, 0) is 38.0 Å². The summed E-state index contributed by atoms with van der Waals surface area (Å²) in [5.74, 6) is -1.02. The Morgan fingerprint density at radius 1 is 0.550 bits per heavy atom. The molecule has 15 nitrogen and oxygen atoms in total. The molecule has 60 heavy (non-hydrogen) atoms. The number of carbonyl (C=O) groups excluding carboxylic acids is 2. The van der Waals surface area contributed by atoms with Gasteiger partial charge in [-0.15, -0.1) is 0 Å². The van der Waals surface area contributed by atoms with E-state index >= 15 is 0 Å². The lowest BCUT2D eigenvalue weighted by Crippen LogP contribution is -2.61. The third-order valence-electron chi connectivity index (χ3n) is 10.1. The Morgan fingerprint density at radius 3 is 1.63 bits per heavy atom. The largest absolute Gasteiger partial charge is 0.462 e. The molecule has 0 spiro atoms. The monoisotopic (exact) mass is 855 g/mol. The molecule has 0 saturated carbocycles. The molecule has 11 atom stereocenters. The second-order valence-electron chi connectivity index (χ2n) is 15.3. The number of esters is 2. The average Bonchev–Trinajstić information content (AvgIpc) is 3.24. The summed E-state index contributed by atoms with van der Waals surface area (Å²) in [6.07, 6.45) is 17.2. The molecule has 2 rings (SSSR count). The van der Waals surface area contributed by atoms with Crippen LogP contribution in [0.3, 0.4) is 0 Å². The SMILES string of the molecule is CC/C=C/C=C/C=C/C=C/C=C/CCCC(=O)OC(COC(=O)CCCCCCCCCCCCC)CO[C@@H]1O[C@H](CO[C@@H]2O[C@H](CO)[C@H](O)C(O)C2O)[C@H](O)C(O)C1O. The number of aliphatic hydroxyl groups is 7. The van der Waals surface area contributed by atoms with Gasteiger partial charge >= 0.3 is 11.9 Å². The number of unbranched alkanes of at least 4 members (excludes halogenated alkanes) is 11. The minimum atomic E-state index is -1.78. The van der Waals surface area contributed by atoms with Crippen LogP contribution < -0.4 is 0 Å². The van der Waals surface area contributed by atoms with E-state index in [-0.39, 0.29) is 19.4 Å². The fraction of sp³-hybridized carbons (Fsp3) is 0.733. The lowest BCUT2D eigenvalue weighted by Gasteiger charge is -2.42. The quantitative estimate of drug-likeness (QED) is 0.0295. The van der Waals surface area contributed by atoms with Crippen LogP contribution >= 0.6 is 0 Å². The van der Waals surface area contributed by atoms with E-state index in [2.05, 4.69) is 19.9 Å². The Hall–Kier alpha value is -2.80. The molecule has 0 bridgehead atoms. The van der Waals surface area contributed by atoms with Crippen LogP contribution in [0.25, 0.3) is 0 Å². The van der Waals surface area contributed by atoms with Crippen molar-refractivity contribution in [3.63, 3.8) is 0 Å². The molecule has 344 valence electrons. The number of carbonyl (C=O) groups is 2. The number of rotatable bonds is 31. The Bertz CT molecular complexity index is 1280. The second-order valence-corrected chi connectivity index (χ2v) is 15.3. The number of hydrogen-bond acceptors (Lipinski definition) is 15. The van der Waals surface area contributed by atoms with E-state index in [9.17, 15) is 45.3 Å². The summed E-state index contributed by atoms with van der Waals surface area (Å²) in [5.41, 5.74) is 0. The summed E-state index contributed by atoms with van der Waals surface area (Å²) in [5, 5.41) is 71.7. The zero-order chi connectivity index (χ0) is 44.0. The van der Waals surface area contributed by atoms with Crippen LogP contribution in [0.1, 0.15) is 117 Å². The molecule has 0 aromatic heterocycles. The molecule has 0 amide bonds. The van der Waals surface area contributed by atoms with Crippen molar-refractivity contribution >= 4 is 11.9 Å². The molecule has 7 N–H and O–H groups in total. The first-order chi connectivity index (χ1) is 29.0. The van der Waals surface area contributed by atoms with E-state index in [1.54, 1.807) is 0 Å².